The molecule has 0 N–H and O–H groups in total. The molecule has 2 aromatic carbocycles. The Kier molecular flexibility index (Phi) is 7.33. The minimum absolute atomic E-state index is 0.270. The predicted molar refractivity (Wildman–Crippen MR) is 100 cm³/mol. The van der Waals surface area contributed by atoms with Crippen LogP contribution in [0.4, 0.5) is 0 Å². The topological polar surface area (TPSA) is 18.5 Å². The van der Waals surface area contributed by atoms with E-state index in [9.17, 15) is 0 Å². The van der Waals surface area contributed by atoms with E-state index in [-0.39, 0.29) is 6.29 Å². The molecule has 2 unspecified atom stereocenters. The average molecular weight is 326 g/mol. The Labute approximate surface area is 146 Å². The summed E-state index contributed by atoms with van der Waals surface area (Å²) in [6.07, 6.45) is 2.14. The molecule has 0 aliphatic carbocycles. The number of ether oxygens (including phenoxy) is 2. The molecule has 130 valence electrons. The van der Waals surface area contributed by atoms with Gasteiger partial charge in [0.15, 0.2) is 6.29 Å². The lowest BCUT2D eigenvalue weighted by atomic mass is 9.88. The summed E-state index contributed by atoms with van der Waals surface area (Å²) in [4.78, 5) is 0. The maximum Gasteiger partial charge on any atom is 0.197 e. The molecule has 0 fully saturated rings. The SMILES string of the molecule is CCC(CC(C)C)c1ccc(OC(C)OCc2ccccc2)cc1. The molecule has 0 spiro atoms. The van der Waals surface area contributed by atoms with Gasteiger partial charge in [-0.15, -0.1) is 0 Å². The van der Waals surface area contributed by atoms with Crippen LogP contribution in [0.2, 0.25) is 0 Å². The standard InChI is InChI=1S/C22H30O2/c1-5-20(15-17(2)3)21-11-13-22(14-12-21)24-18(4)23-16-19-9-7-6-8-10-19/h6-14,17-18,20H,5,15-16H2,1-4H3. The van der Waals surface area contributed by atoms with E-state index in [1.165, 1.54) is 18.4 Å². The summed E-state index contributed by atoms with van der Waals surface area (Å²) >= 11 is 0. The molecule has 0 saturated heterocycles. The fourth-order valence-electron chi connectivity index (χ4n) is 2.94. The molecule has 0 aliphatic heterocycles. The van der Waals surface area contributed by atoms with Gasteiger partial charge in [0, 0.05) is 0 Å². The van der Waals surface area contributed by atoms with Gasteiger partial charge in [-0.1, -0.05) is 63.2 Å². The molecule has 0 heterocycles. The van der Waals surface area contributed by atoms with Gasteiger partial charge in [0.05, 0.1) is 6.61 Å². The zero-order chi connectivity index (χ0) is 17.4. The molecular weight excluding hydrogens is 296 g/mol. The average Bonchev–Trinajstić information content (AvgIpc) is 2.59. The summed E-state index contributed by atoms with van der Waals surface area (Å²) in [6.45, 7) is 9.32. The summed E-state index contributed by atoms with van der Waals surface area (Å²) in [7, 11) is 0. The van der Waals surface area contributed by atoms with E-state index < -0.39 is 0 Å². The quantitative estimate of drug-likeness (QED) is 0.513. The van der Waals surface area contributed by atoms with Crippen molar-refractivity contribution < 1.29 is 9.47 Å². The first kappa shape index (κ1) is 18.5. The molecule has 0 radical (unpaired) electrons. The lowest BCUT2D eigenvalue weighted by molar-refractivity contribution is -0.0759. The molecule has 0 bridgehead atoms. The summed E-state index contributed by atoms with van der Waals surface area (Å²) in [6, 6.07) is 18.7. The summed E-state index contributed by atoms with van der Waals surface area (Å²) in [5.41, 5.74) is 2.55. The van der Waals surface area contributed by atoms with Crippen LogP contribution in [-0.4, -0.2) is 6.29 Å². The lowest BCUT2D eigenvalue weighted by Gasteiger charge is -2.19. The van der Waals surface area contributed by atoms with Crippen molar-refractivity contribution in [2.45, 2.75) is 59.4 Å². The van der Waals surface area contributed by atoms with Crippen LogP contribution in [-0.2, 0) is 11.3 Å². The van der Waals surface area contributed by atoms with Gasteiger partial charge in [-0.05, 0) is 54.9 Å². The van der Waals surface area contributed by atoms with Gasteiger partial charge in [-0.2, -0.15) is 0 Å². The molecule has 2 heteroatoms. The zero-order valence-corrected chi connectivity index (χ0v) is 15.4. The Balaban J connectivity index is 1.86. The summed E-state index contributed by atoms with van der Waals surface area (Å²) in [5.74, 6) is 2.21. The fraction of sp³-hybridized carbons (Fsp3) is 0.455. The van der Waals surface area contributed by atoms with Crippen LogP contribution < -0.4 is 4.74 Å². The van der Waals surface area contributed by atoms with Crippen LogP contribution in [0, 0.1) is 5.92 Å². The maximum atomic E-state index is 5.86. The van der Waals surface area contributed by atoms with Crippen molar-refractivity contribution in [3.63, 3.8) is 0 Å². The second kappa shape index (κ2) is 9.48. The predicted octanol–water partition coefficient (Wildman–Crippen LogP) is 6.17. The van der Waals surface area contributed by atoms with Gasteiger partial charge in [-0.3, -0.25) is 0 Å². The first-order valence-corrected chi connectivity index (χ1v) is 9.00. The van der Waals surface area contributed by atoms with Crippen molar-refractivity contribution in [3.05, 3.63) is 65.7 Å². The molecular formula is C22H30O2. The summed E-state index contributed by atoms with van der Waals surface area (Å²) in [5, 5.41) is 0. The van der Waals surface area contributed by atoms with Gasteiger partial charge in [0.25, 0.3) is 0 Å². The third-order valence-corrected chi connectivity index (χ3v) is 4.23. The highest BCUT2D eigenvalue weighted by Crippen LogP contribution is 2.28. The molecule has 0 aliphatic rings. The molecule has 2 nitrogen and oxygen atoms in total. The normalized spacial score (nSPS) is 13.7. The molecule has 0 saturated carbocycles. The zero-order valence-electron chi connectivity index (χ0n) is 15.4. The Hall–Kier alpha value is -1.80. The molecule has 2 aromatic rings. The minimum atomic E-state index is -0.270. The van der Waals surface area contributed by atoms with E-state index in [2.05, 4.69) is 57.2 Å². The minimum Gasteiger partial charge on any atom is -0.465 e. The Morgan fingerprint density at radius 3 is 2.12 bits per heavy atom. The van der Waals surface area contributed by atoms with Crippen molar-refractivity contribution in [2.75, 3.05) is 0 Å². The molecule has 2 atom stereocenters. The monoisotopic (exact) mass is 326 g/mol. The number of benzene rings is 2. The second-order valence-corrected chi connectivity index (χ2v) is 6.79. The van der Waals surface area contributed by atoms with Crippen LogP contribution in [0.1, 0.15) is 57.6 Å². The molecule has 0 aromatic heterocycles. The van der Waals surface area contributed by atoms with Crippen LogP contribution in [0.5, 0.6) is 5.75 Å². The number of hydrogen-bond donors (Lipinski definition) is 0. The molecule has 0 amide bonds. The van der Waals surface area contributed by atoms with Crippen molar-refractivity contribution in [1.29, 1.82) is 0 Å². The van der Waals surface area contributed by atoms with Crippen LogP contribution in [0.3, 0.4) is 0 Å². The Morgan fingerprint density at radius 1 is 0.875 bits per heavy atom. The van der Waals surface area contributed by atoms with Crippen molar-refractivity contribution >= 4 is 0 Å². The van der Waals surface area contributed by atoms with Gasteiger partial charge < -0.3 is 9.47 Å². The molecule has 24 heavy (non-hydrogen) atoms. The van der Waals surface area contributed by atoms with Gasteiger partial charge in [-0.25, -0.2) is 0 Å². The van der Waals surface area contributed by atoms with Gasteiger partial charge in [0.2, 0.25) is 0 Å². The Bertz CT molecular complexity index is 575. The fourth-order valence-corrected chi connectivity index (χ4v) is 2.94. The smallest absolute Gasteiger partial charge is 0.197 e. The van der Waals surface area contributed by atoms with Crippen molar-refractivity contribution in [1.82, 2.24) is 0 Å². The van der Waals surface area contributed by atoms with Crippen LogP contribution in [0.25, 0.3) is 0 Å². The highest BCUT2D eigenvalue weighted by molar-refractivity contribution is 5.29. The van der Waals surface area contributed by atoms with Crippen LogP contribution in [0.15, 0.2) is 54.6 Å². The highest BCUT2D eigenvalue weighted by Gasteiger charge is 2.12. The molecule has 2 rings (SSSR count). The number of rotatable bonds is 9. The van der Waals surface area contributed by atoms with E-state index in [4.69, 9.17) is 9.47 Å². The highest BCUT2D eigenvalue weighted by atomic mass is 16.7. The third-order valence-electron chi connectivity index (χ3n) is 4.23. The van der Waals surface area contributed by atoms with Crippen molar-refractivity contribution in [2.24, 2.45) is 5.92 Å². The Morgan fingerprint density at radius 2 is 1.54 bits per heavy atom. The largest absolute Gasteiger partial charge is 0.465 e. The van der Waals surface area contributed by atoms with Gasteiger partial charge in [0.1, 0.15) is 5.75 Å². The lowest BCUT2D eigenvalue weighted by Crippen LogP contribution is -2.16. The van der Waals surface area contributed by atoms with E-state index in [0.717, 1.165) is 17.2 Å². The first-order chi connectivity index (χ1) is 11.6. The van der Waals surface area contributed by atoms with E-state index in [1.54, 1.807) is 0 Å². The van der Waals surface area contributed by atoms with E-state index in [1.807, 2.05) is 25.1 Å². The summed E-state index contributed by atoms with van der Waals surface area (Å²) < 4.78 is 11.6. The van der Waals surface area contributed by atoms with E-state index in [0.29, 0.717) is 12.5 Å². The van der Waals surface area contributed by atoms with Crippen molar-refractivity contribution in [3.8, 4) is 5.75 Å². The third kappa shape index (κ3) is 6.01. The first-order valence-electron chi connectivity index (χ1n) is 9.00. The van der Waals surface area contributed by atoms with Gasteiger partial charge >= 0.3 is 0 Å². The second-order valence-electron chi connectivity index (χ2n) is 6.79. The maximum absolute atomic E-state index is 5.86. The van der Waals surface area contributed by atoms with Crippen LogP contribution >= 0.6 is 0 Å². The van der Waals surface area contributed by atoms with E-state index >= 15 is 0 Å². The number of hydrogen-bond acceptors (Lipinski definition) is 2.